The van der Waals surface area contributed by atoms with E-state index in [0.717, 1.165) is 42.5 Å². The van der Waals surface area contributed by atoms with Crippen LogP contribution in [0.1, 0.15) is 45.4 Å². The van der Waals surface area contributed by atoms with Crippen LogP contribution in [0.2, 0.25) is 0 Å². The molecule has 146 valence electrons. The number of rotatable bonds is 9. The van der Waals surface area contributed by atoms with Gasteiger partial charge >= 0.3 is 5.69 Å². The van der Waals surface area contributed by atoms with Crippen LogP contribution in [0.15, 0.2) is 21.9 Å². The first-order valence-electron chi connectivity index (χ1n) is 8.89. The van der Waals surface area contributed by atoms with E-state index in [1.807, 2.05) is 4.98 Å². The van der Waals surface area contributed by atoms with Crippen LogP contribution >= 0.6 is 0 Å². The second-order valence-electron chi connectivity index (χ2n) is 6.54. The van der Waals surface area contributed by atoms with Gasteiger partial charge in [0.2, 0.25) is 5.72 Å². The Hall–Kier alpha value is -1.81. The summed E-state index contributed by atoms with van der Waals surface area (Å²) in [7, 11) is 0. The zero-order valence-corrected chi connectivity index (χ0v) is 14.8. The average Bonchev–Trinajstić information content (AvgIpc) is 2.87. The third-order valence-corrected chi connectivity index (χ3v) is 4.71. The highest BCUT2D eigenvalue weighted by molar-refractivity contribution is 5.86. The van der Waals surface area contributed by atoms with Gasteiger partial charge in [-0.25, -0.2) is 4.79 Å². The number of ether oxygens (including phenoxy) is 1. The van der Waals surface area contributed by atoms with Gasteiger partial charge < -0.3 is 20.1 Å². The molecule has 2 rings (SSSR count). The van der Waals surface area contributed by atoms with E-state index in [9.17, 15) is 29.7 Å². The molecular weight excluding hydrogens is 344 g/mol. The van der Waals surface area contributed by atoms with E-state index in [1.54, 1.807) is 0 Å². The summed E-state index contributed by atoms with van der Waals surface area (Å²) in [6.45, 7) is 1.43. The molecule has 0 bridgehead atoms. The molecule has 1 fully saturated rings. The Kier molecular flexibility index (Phi) is 6.87. The molecule has 0 aromatic carbocycles. The predicted molar refractivity (Wildman–Crippen MR) is 91.7 cm³/mol. The molecule has 1 aromatic heterocycles. The molecular formula is C17H26N2O7. The van der Waals surface area contributed by atoms with Crippen LogP contribution in [0.4, 0.5) is 0 Å². The maximum Gasteiger partial charge on any atom is 0.331 e. The summed E-state index contributed by atoms with van der Waals surface area (Å²) in [6.07, 6.45) is 0.929. The van der Waals surface area contributed by atoms with Crippen LogP contribution in [0, 0.1) is 0 Å². The van der Waals surface area contributed by atoms with Crippen molar-refractivity contribution >= 4 is 5.78 Å². The fraction of sp³-hybridized carbons (Fsp3) is 0.706. The number of ketones is 1. The molecule has 0 amide bonds. The monoisotopic (exact) mass is 370 g/mol. The fourth-order valence-corrected chi connectivity index (χ4v) is 3.26. The maximum absolute atomic E-state index is 12.9. The van der Waals surface area contributed by atoms with Crippen molar-refractivity contribution < 1.29 is 24.9 Å². The Labute approximate surface area is 150 Å². The number of hydrogen-bond donors (Lipinski definition) is 4. The Bertz CT molecular complexity index is 728. The summed E-state index contributed by atoms with van der Waals surface area (Å²) >= 11 is 0. The van der Waals surface area contributed by atoms with Crippen molar-refractivity contribution in [1.29, 1.82) is 0 Å². The van der Waals surface area contributed by atoms with Crippen LogP contribution in [0.3, 0.4) is 0 Å². The lowest BCUT2D eigenvalue weighted by molar-refractivity contribution is -0.176. The van der Waals surface area contributed by atoms with Crippen LogP contribution in [-0.2, 0) is 15.3 Å². The number of hydrogen-bond acceptors (Lipinski definition) is 7. The summed E-state index contributed by atoms with van der Waals surface area (Å²) in [5.41, 5.74) is -3.79. The van der Waals surface area contributed by atoms with E-state index in [0.29, 0.717) is 6.42 Å². The standard InChI is InChI=1S/C17H26N2O7/c1-2-3-4-5-6-7-12(21)17(15(24)14(23)11(10-20)26-17)19-9-8-13(22)18-16(19)25/h8-9,11,14-15,20,23-24H,2-7,10H2,1H3,(H,18,22,25)/t11-,14-,15-,17-/m1/s1. The Morgan fingerprint density at radius 2 is 1.96 bits per heavy atom. The minimum absolute atomic E-state index is 0.0250. The van der Waals surface area contributed by atoms with Crippen molar-refractivity contribution in [3.63, 3.8) is 0 Å². The van der Waals surface area contributed by atoms with Gasteiger partial charge in [-0.2, -0.15) is 0 Å². The SMILES string of the molecule is CCCCCCCC(=O)[C@@]1(n2ccc(=O)[nH]c2=O)O[C@H](CO)[C@@H](O)[C@H]1O. The van der Waals surface area contributed by atoms with Crippen molar-refractivity contribution in [2.24, 2.45) is 0 Å². The first kappa shape index (κ1) is 20.5. The third-order valence-electron chi connectivity index (χ3n) is 4.71. The van der Waals surface area contributed by atoms with Crippen molar-refractivity contribution in [3.8, 4) is 0 Å². The van der Waals surface area contributed by atoms with Crippen molar-refractivity contribution in [1.82, 2.24) is 9.55 Å². The number of carbonyl (C=O) groups excluding carboxylic acids is 1. The lowest BCUT2D eigenvalue weighted by atomic mass is 9.94. The average molecular weight is 370 g/mol. The van der Waals surface area contributed by atoms with Crippen LogP contribution in [0.5, 0.6) is 0 Å². The van der Waals surface area contributed by atoms with E-state index < -0.39 is 47.7 Å². The number of nitrogens with one attached hydrogen (secondary N) is 1. The number of nitrogens with zero attached hydrogens (tertiary/aromatic N) is 1. The highest BCUT2D eigenvalue weighted by Crippen LogP contribution is 2.36. The molecule has 0 radical (unpaired) electrons. The van der Waals surface area contributed by atoms with Gasteiger partial charge in [0.1, 0.15) is 18.3 Å². The van der Waals surface area contributed by atoms with Gasteiger partial charge in [-0.3, -0.25) is 19.1 Å². The van der Waals surface area contributed by atoms with Gasteiger partial charge in [-0.15, -0.1) is 0 Å². The lowest BCUT2D eigenvalue weighted by Gasteiger charge is -2.32. The largest absolute Gasteiger partial charge is 0.394 e. The van der Waals surface area contributed by atoms with E-state index in [1.165, 1.54) is 0 Å². The number of aromatic nitrogens is 2. The molecule has 0 saturated carbocycles. The van der Waals surface area contributed by atoms with E-state index in [-0.39, 0.29) is 6.42 Å². The van der Waals surface area contributed by atoms with Gasteiger partial charge in [0.05, 0.1) is 6.61 Å². The molecule has 1 saturated heterocycles. The Balaban J connectivity index is 2.35. The first-order chi connectivity index (χ1) is 12.4. The molecule has 0 unspecified atom stereocenters. The number of carbonyl (C=O) groups is 1. The predicted octanol–water partition coefficient (Wildman–Crippen LogP) is -0.768. The third kappa shape index (κ3) is 3.80. The molecule has 4 N–H and O–H groups in total. The summed E-state index contributed by atoms with van der Waals surface area (Å²) in [5.74, 6) is -0.592. The molecule has 9 nitrogen and oxygen atoms in total. The van der Waals surface area contributed by atoms with Crippen molar-refractivity contribution in [2.75, 3.05) is 6.61 Å². The molecule has 1 aliphatic heterocycles. The second kappa shape index (κ2) is 8.72. The molecule has 0 spiro atoms. The molecule has 2 heterocycles. The normalized spacial score (nSPS) is 28.4. The Morgan fingerprint density at radius 1 is 1.27 bits per heavy atom. The smallest absolute Gasteiger partial charge is 0.331 e. The second-order valence-corrected chi connectivity index (χ2v) is 6.54. The van der Waals surface area contributed by atoms with E-state index in [2.05, 4.69) is 6.92 Å². The van der Waals surface area contributed by atoms with Crippen LogP contribution < -0.4 is 11.2 Å². The molecule has 1 aliphatic rings. The highest BCUT2D eigenvalue weighted by atomic mass is 16.6. The van der Waals surface area contributed by atoms with Crippen molar-refractivity contribution in [3.05, 3.63) is 33.1 Å². The fourth-order valence-electron chi connectivity index (χ4n) is 3.26. The number of aliphatic hydroxyl groups excluding tert-OH is 3. The zero-order chi connectivity index (χ0) is 19.3. The first-order valence-corrected chi connectivity index (χ1v) is 8.89. The number of aliphatic hydroxyl groups is 3. The minimum Gasteiger partial charge on any atom is -0.394 e. The van der Waals surface area contributed by atoms with Crippen LogP contribution in [0.25, 0.3) is 0 Å². The number of unbranched alkanes of at least 4 members (excludes halogenated alkanes) is 4. The van der Waals surface area contributed by atoms with E-state index >= 15 is 0 Å². The summed E-state index contributed by atoms with van der Waals surface area (Å²) in [4.78, 5) is 38.5. The minimum atomic E-state index is -2.18. The van der Waals surface area contributed by atoms with Gasteiger partial charge in [0.15, 0.2) is 5.78 Å². The number of H-pyrrole nitrogens is 1. The molecule has 26 heavy (non-hydrogen) atoms. The molecule has 1 aromatic rings. The summed E-state index contributed by atoms with van der Waals surface area (Å²) in [6, 6.07) is 1.02. The lowest BCUT2D eigenvalue weighted by Crippen LogP contribution is -2.56. The van der Waals surface area contributed by atoms with Gasteiger partial charge in [-0.05, 0) is 6.42 Å². The molecule has 4 atom stereocenters. The molecule has 0 aliphatic carbocycles. The van der Waals surface area contributed by atoms with Gasteiger partial charge in [0.25, 0.3) is 5.56 Å². The van der Waals surface area contributed by atoms with Crippen LogP contribution in [-0.4, -0.2) is 55.6 Å². The summed E-state index contributed by atoms with van der Waals surface area (Å²) in [5, 5.41) is 30.0. The van der Waals surface area contributed by atoms with E-state index in [4.69, 9.17) is 4.74 Å². The zero-order valence-electron chi connectivity index (χ0n) is 14.8. The summed E-state index contributed by atoms with van der Waals surface area (Å²) < 4.78 is 6.29. The van der Waals surface area contributed by atoms with Gasteiger partial charge in [-0.1, -0.05) is 32.6 Å². The Morgan fingerprint density at radius 3 is 2.54 bits per heavy atom. The topological polar surface area (TPSA) is 142 Å². The van der Waals surface area contributed by atoms with Crippen molar-refractivity contribution in [2.45, 2.75) is 69.5 Å². The quantitative estimate of drug-likeness (QED) is 0.418. The maximum atomic E-state index is 12.9. The highest BCUT2D eigenvalue weighted by Gasteiger charge is 2.60. The number of aromatic amines is 1. The molecule has 9 heteroatoms. The number of Topliss-reactive ketones (excluding diaryl/α,β-unsaturated/α-hetero) is 1. The van der Waals surface area contributed by atoms with Gasteiger partial charge in [0, 0.05) is 18.7 Å².